The Morgan fingerprint density at radius 1 is 1.35 bits per heavy atom. The van der Waals surface area contributed by atoms with Crippen LogP contribution in [0.5, 0.6) is 0 Å². The Balaban J connectivity index is 2.02. The average Bonchev–Trinajstić information content (AvgIpc) is 2.67. The topological polar surface area (TPSA) is 38.0 Å². The summed E-state index contributed by atoms with van der Waals surface area (Å²) < 4.78 is 2.34. The first kappa shape index (κ1) is 14.0. The van der Waals surface area contributed by atoms with Crippen molar-refractivity contribution in [2.24, 2.45) is 11.8 Å². The van der Waals surface area contributed by atoms with Crippen molar-refractivity contribution in [3.8, 4) is 0 Å². The van der Waals surface area contributed by atoms with E-state index in [1.807, 2.05) is 0 Å². The molecule has 1 saturated carbocycles. The second kappa shape index (κ2) is 6.66. The first-order chi connectivity index (χ1) is 8.20. The molecule has 0 spiro atoms. The third-order valence-electron chi connectivity index (χ3n) is 3.55. The summed E-state index contributed by atoms with van der Waals surface area (Å²) in [5.41, 5.74) is 4.26. The molecule has 3 N–H and O–H groups in total. The minimum Gasteiger partial charge on any atom is -0.271 e. The van der Waals surface area contributed by atoms with Crippen LogP contribution >= 0.6 is 43.2 Å². The van der Waals surface area contributed by atoms with Crippen molar-refractivity contribution >= 4 is 43.2 Å². The Labute approximate surface area is 124 Å². The van der Waals surface area contributed by atoms with Crippen molar-refractivity contribution < 1.29 is 0 Å². The minimum atomic E-state index is 0.273. The summed E-state index contributed by atoms with van der Waals surface area (Å²) in [6, 6.07) is 2.44. The highest BCUT2D eigenvalue weighted by molar-refractivity contribution is 9.12. The fraction of sp³-hybridized carbons (Fsp3) is 0.667. The smallest absolute Gasteiger partial charge is 0.0758 e. The highest BCUT2D eigenvalue weighted by Crippen LogP contribution is 2.39. The van der Waals surface area contributed by atoms with Crippen molar-refractivity contribution in [1.29, 1.82) is 0 Å². The van der Waals surface area contributed by atoms with Crippen LogP contribution in [0.2, 0.25) is 0 Å². The summed E-state index contributed by atoms with van der Waals surface area (Å²) in [7, 11) is 0. The number of hydrogen-bond acceptors (Lipinski definition) is 3. The molecule has 1 aromatic rings. The molecule has 96 valence electrons. The lowest BCUT2D eigenvalue weighted by molar-refractivity contribution is 0.301. The number of nitrogens with one attached hydrogen (secondary N) is 1. The summed E-state index contributed by atoms with van der Waals surface area (Å²) in [6.45, 7) is 0. The van der Waals surface area contributed by atoms with E-state index in [0.717, 1.165) is 16.1 Å². The first-order valence-electron chi connectivity index (χ1n) is 6.11. The van der Waals surface area contributed by atoms with E-state index >= 15 is 0 Å². The Morgan fingerprint density at radius 3 is 2.59 bits per heavy atom. The normalized spacial score (nSPS) is 19.5. The molecule has 0 radical (unpaired) electrons. The Kier molecular flexibility index (Phi) is 5.49. The van der Waals surface area contributed by atoms with Gasteiger partial charge in [0.15, 0.2) is 0 Å². The van der Waals surface area contributed by atoms with Gasteiger partial charge in [-0.1, -0.05) is 32.1 Å². The van der Waals surface area contributed by atoms with E-state index in [9.17, 15) is 0 Å². The monoisotopic (exact) mass is 380 g/mol. The molecular weight excluding hydrogens is 364 g/mol. The van der Waals surface area contributed by atoms with Gasteiger partial charge in [0.25, 0.3) is 0 Å². The molecule has 1 unspecified atom stereocenters. The Morgan fingerprint density at radius 2 is 2.06 bits per heavy atom. The third kappa shape index (κ3) is 3.77. The van der Waals surface area contributed by atoms with Crippen molar-refractivity contribution in [3.63, 3.8) is 0 Å². The van der Waals surface area contributed by atoms with Gasteiger partial charge in [-0.2, -0.15) is 0 Å². The van der Waals surface area contributed by atoms with E-state index in [0.29, 0.717) is 0 Å². The lowest BCUT2D eigenvalue weighted by Gasteiger charge is -2.26. The van der Waals surface area contributed by atoms with E-state index in [1.165, 1.54) is 41.5 Å². The molecule has 0 bridgehead atoms. The first-order valence-corrected chi connectivity index (χ1v) is 8.52. The SMILES string of the molecule is NNC(CC1CCCCC1)c1cc(Br)sc1Br. The third-order valence-corrected chi connectivity index (χ3v) is 5.94. The predicted octanol–water partition coefficient (Wildman–Crippen LogP) is 4.75. The molecule has 2 rings (SSSR count). The largest absolute Gasteiger partial charge is 0.271 e. The highest BCUT2D eigenvalue weighted by Gasteiger charge is 2.22. The van der Waals surface area contributed by atoms with Gasteiger partial charge in [-0.25, -0.2) is 0 Å². The van der Waals surface area contributed by atoms with Crippen LogP contribution in [0.25, 0.3) is 0 Å². The zero-order valence-corrected chi connectivity index (χ0v) is 13.7. The number of nitrogens with two attached hydrogens (primary N) is 1. The second-order valence-electron chi connectivity index (χ2n) is 4.74. The molecule has 0 aromatic carbocycles. The number of thiophene rings is 1. The van der Waals surface area contributed by atoms with Crippen LogP contribution in [0, 0.1) is 5.92 Å². The quantitative estimate of drug-likeness (QED) is 0.583. The molecule has 1 fully saturated rings. The highest BCUT2D eigenvalue weighted by atomic mass is 79.9. The Hall–Kier alpha value is 0.580. The van der Waals surface area contributed by atoms with E-state index in [2.05, 4.69) is 43.4 Å². The van der Waals surface area contributed by atoms with Crippen molar-refractivity contribution in [1.82, 2.24) is 5.43 Å². The van der Waals surface area contributed by atoms with Gasteiger partial charge in [-0.15, -0.1) is 11.3 Å². The molecule has 0 saturated heterocycles. The van der Waals surface area contributed by atoms with Crippen LogP contribution in [0.15, 0.2) is 13.6 Å². The molecule has 0 amide bonds. The summed E-state index contributed by atoms with van der Waals surface area (Å²) in [5, 5.41) is 0. The maximum Gasteiger partial charge on any atom is 0.0758 e. The summed E-state index contributed by atoms with van der Waals surface area (Å²) in [5.74, 6) is 6.55. The molecular formula is C12H18Br2N2S. The summed E-state index contributed by atoms with van der Waals surface area (Å²) in [4.78, 5) is 0. The van der Waals surface area contributed by atoms with E-state index < -0.39 is 0 Å². The van der Waals surface area contributed by atoms with Crippen molar-refractivity contribution in [2.45, 2.75) is 44.6 Å². The molecule has 1 heterocycles. The van der Waals surface area contributed by atoms with Gasteiger partial charge in [0.1, 0.15) is 0 Å². The van der Waals surface area contributed by atoms with Crippen LogP contribution in [0.1, 0.15) is 50.1 Å². The van der Waals surface area contributed by atoms with E-state index in [4.69, 9.17) is 5.84 Å². The van der Waals surface area contributed by atoms with Crippen molar-refractivity contribution in [3.05, 3.63) is 19.2 Å². The number of hydrogen-bond donors (Lipinski definition) is 2. The van der Waals surface area contributed by atoms with Gasteiger partial charge < -0.3 is 0 Å². The van der Waals surface area contributed by atoms with Crippen LogP contribution in [-0.4, -0.2) is 0 Å². The summed E-state index contributed by atoms with van der Waals surface area (Å²) >= 11 is 8.85. The zero-order chi connectivity index (χ0) is 12.3. The minimum absolute atomic E-state index is 0.273. The van der Waals surface area contributed by atoms with Gasteiger partial charge in [-0.3, -0.25) is 11.3 Å². The maximum atomic E-state index is 5.72. The molecule has 1 aliphatic carbocycles. The number of hydrazine groups is 1. The number of rotatable bonds is 4. The predicted molar refractivity (Wildman–Crippen MR) is 81.0 cm³/mol. The second-order valence-corrected chi connectivity index (χ2v) is 8.49. The molecule has 0 aliphatic heterocycles. The van der Waals surface area contributed by atoms with Crippen LogP contribution in [-0.2, 0) is 0 Å². The van der Waals surface area contributed by atoms with Gasteiger partial charge in [0, 0.05) is 6.04 Å². The fourth-order valence-electron chi connectivity index (χ4n) is 2.63. The van der Waals surface area contributed by atoms with Crippen molar-refractivity contribution in [2.75, 3.05) is 0 Å². The molecule has 17 heavy (non-hydrogen) atoms. The van der Waals surface area contributed by atoms with Gasteiger partial charge in [-0.05, 0) is 55.8 Å². The van der Waals surface area contributed by atoms with Gasteiger partial charge in [0.2, 0.25) is 0 Å². The maximum absolute atomic E-state index is 5.72. The Bertz CT molecular complexity index is 361. The summed E-state index contributed by atoms with van der Waals surface area (Å²) in [6.07, 6.45) is 8.05. The molecule has 2 nitrogen and oxygen atoms in total. The molecule has 5 heteroatoms. The van der Waals surface area contributed by atoms with Gasteiger partial charge >= 0.3 is 0 Å². The van der Waals surface area contributed by atoms with Crippen LogP contribution < -0.4 is 11.3 Å². The number of halogens is 2. The van der Waals surface area contributed by atoms with Gasteiger partial charge in [0.05, 0.1) is 7.57 Å². The van der Waals surface area contributed by atoms with Crippen LogP contribution in [0.4, 0.5) is 0 Å². The molecule has 1 aromatic heterocycles. The zero-order valence-electron chi connectivity index (χ0n) is 9.72. The lowest BCUT2D eigenvalue weighted by Crippen LogP contribution is -2.30. The van der Waals surface area contributed by atoms with E-state index in [-0.39, 0.29) is 6.04 Å². The molecule has 1 atom stereocenters. The fourth-order valence-corrected chi connectivity index (χ4v) is 5.61. The lowest BCUT2D eigenvalue weighted by atomic mass is 9.84. The van der Waals surface area contributed by atoms with Crippen LogP contribution in [0.3, 0.4) is 0 Å². The standard InChI is InChI=1S/C12H18Br2N2S/c13-11-7-9(12(14)17-11)10(16-15)6-8-4-2-1-3-5-8/h7-8,10,16H,1-6,15H2. The molecule has 1 aliphatic rings. The average molecular weight is 382 g/mol. The van der Waals surface area contributed by atoms with E-state index in [1.54, 1.807) is 11.3 Å².